The summed E-state index contributed by atoms with van der Waals surface area (Å²) >= 11 is 2.02. The number of hydrogen-bond acceptors (Lipinski definition) is 5. The molecule has 0 saturated carbocycles. The number of methoxy groups -OCH3 is 1. The first kappa shape index (κ1) is 17.2. The van der Waals surface area contributed by atoms with Crippen LogP contribution in [0.1, 0.15) is 0 Å². The lowest BCUT2D eigenvalue weighted by Gasteiger charge is -2.13. The van der Waals surface area contributed by atoms with Gasteiger partial charge in [0.15, 0.2) is 18.1 Å². The largest absolute Gasteiger partial charge is 0.493 e. The van der Waals surface area contributed by atoms with Crippen LogP contribution in [0, 0.1) is 3.57 Å². The molecule has 0 fully saturated rings. The van der Waals surface area contributed by atoms with Crippen LogP contribution in [0.25, 0.3) is 22.3 Å². The van der Waals surface area contributed by atoms with Crippen LogP contribution in [-0.4, -0.2) is 34.8 Å². The Morgan fingerprint density at radius 1 is 1.32 bits per heavy atom. The van der Waals surface area contributed by atoms with Gasteiger partial charge < -0.3 is 19.6 Å². The van der Waals surface area contributed by atoms with Crippen molar-refractivity contribution in [1.82, 2.24) is 9.97 Å². The Balaban J connectivity index is 2.10. The summed E-state index contributed by atoms with van der Waals surface area (Å²) < 4.78 is 11.2. The Kier molecular flexibility index (Phi) is 4.88. The highest BCUT2D eigenvalue weighted by molar-refractivity contribution is 14.1. The lowest BCUT2D eigenvalue weighted by molar-refractivity contribution is -0.139. The Morgan fingerprint density at radius 3 is 2.80 bits per heavy atom. The molecular formula is C17H13IN2O5. The van der Waals surface area contributed by atoms with E-state index in [9.17, 15) is 9.59 Å². The maximum absolute atomic E-state index is 12.2. The van der Waals surface area contributed by atoms with Gasteiger partial charge in [0.1, 0.15) is 5.82 Å². The molecule has 1 heterocycles. The summed E-state index contributed by atoms with van der Waals surface area (Å²) in [5, 5.41) is 9.28. The lowest BCUT2D eigenvalue weighted by Crippen LogP contribution is -2.11. The number of H-pyrrole nitrogens is 1. The van der Waals surface area contributed by atoms with Crippen molar-refractivity contribution in [2.45, 2.75) is 0 Å². The van der Waals surface area contributed by atoms with Gasteiger partial charge in [0.05, 0.1) is 21.6 Å². The molecule has 0 atom stereocenters. The number of halogens is 1. The van der Waals surface area contributed by atoms with Crippen molar-refractivity contribution in [2.75, 3.05) is 13.7 Å². The van der Waals surface area contributed by atoms with Crippen molar-refractivity contribution >= 4 is 39.5 Å². The van der Waals surface area contributed by atoms with Crippen molar-refractivity contribution < 1.29 is 19.4 Å². The van der Waals surface area contributed by atoms with Crippen molar-refractivity contribution in [3.63, 3.8) is 0 Å². The van der Waals surface area contributed by atoms with E-state index < -0.39 is 12.6 Å². The number of nitrogens with zero attached hydrogens (tertiary/aromatic N) is 1. The number of nitrogens with one attached hydrogen (secondary N) is 1. The minimum atomic E-state index is -1.08. The molecule has 7 nitrogen and oxygen atoms in total. The fourth-order valence-electron chi connectivity index (χ4n) is 2.35. The van der Waals surface area contributed by atoms with E-state index >= 15 is 0 Å². The predicted molar refractivity (Wildman–Crippen MR) is 100 cm³/mol. The molecule has 0 aliphatic heterocycles. The predicted octanol–water partition coefficient (Wildman–Crippen LogP) is 2.67. The number of carbonyl (C=O) groups is 1. The molecule has 25 heavy (non-hydrogen) atoms. The smallest absolute Gasteiger partial charge is 0.341 e. The molecule has 2 N–H and O–H groups in total. The molecule has 0 radical (unpaired) electrons. The molecule has 0 aliphatic rings. The van der Waals surface area contributed by atoms with E-state index in [0.717, 1.165) is 0 Å². The monoisotopic (exact) mass is 452 g/mol. The third kappa shape index (κ3) is 3.58. The van der Waals surface area contributed by atoms with Gasteiger partial charge in [0, 0.05) is 5.56 Å². The summed E-state index contributed by atoms with van der Waals surface area (Å²) in [6, 6.07) is 10.4. The first-order valence-corrected chi connectivity index (χ1v) is 8.29. The van der Waals surface area contributed by atoms with Crippen LogP contribution >= 0.6 is 22.6 Å². The van der Waals surface area contributed by atoms with Crippen molar-refractivity contribution in [1.29, 1.82) is 0 Å². The van der Waals surface area contributed by atoms with Gasteiger partial charge in [-0.05, 0) is 46.9 Å². The zero-order chi connectivity index (χ0) is 18.0. The number of benzene rings is 2. The Hall–Kier alpha value is -2.62. The normalized spacial score (nSPS) is 10.6. The topological polar surface area (TPSA) is 102 Å². The number of aromatic nitrogens is 2. The molecule has 0 spiro atoms. The van der Waals surface area contributed by atoms with Crippen LogP contribution < -0.4 is 15.0 Å². The van der Waals surface area contributed by atoms with Gasteiger partial charge in [-0.2, -0.15) is 0 Å². The minimum absolute atomic E-state index is 0.235. The second kappa shape index (κ2) is 7.09. The third-order valence-electron chi connectivity index (χ3n) is 3.46. The van der Waals surface area contributed by atoms with Crippen LogP contribution in [-0.2, 0) is 4.79 Å². The second-order valence-corrected chi connectivity index (χ2v) is 6.27. The molecular weight excluding hydrogens is 439 g/mol. The highest BCUT2D eigenvalue weighted by atomic mass is 127. The molecule has 0 aliphatic carbocycles. The number of aliphatic carboxylic acids is 1. The molecule has 128 valence electrons. The first-order valence-electron chi connectivity index (χ1n) is 7.21. The number of carboxylic acids is 1. The number of rotatable bonds is 5. The van der Waals surface area contributed by atoms with E-state index in [1.165, 1.54) is 7.11 Å². The number of carboxylic acid groups (broad SMARTS) is 1. The van der Waals surface area contributed by atoms with E-state index in [4.69, 9.17) is 14.6 Å². The van der Waals surface area contributed by atoms with E-state index in [0.29, 0.717) is 37.4 Å². The molecule has 0 saturated heterocycles. The fraction of sp³-hybridized carbons (Fsp3) is 0.118. The van der Waals surface area contributed by atoms with Crippen molar-refractivity contribution in [2.24, 2.45) is 0 Å². The number of para-hydroxylation sites is 1. The van der Waals surface area contributed by atoms with Crippen molar-refractivity contribution in [3.8, 4) is 22.9 Å². The summed E-state index contributed by atoms with van der Waals surface area (Å²) in [6.07, 6.45) is 0. The molecule has 1 aromatic heterocycles. The number of fused-ring (bicyclic) bond motifs is 1. The van der Waals surface area contributed by atoms with Gasteiger partial charge in [0.25, 0.3) is 5.56 Å². The molecule has 0 unspecified atom stereocenters. The van der Waals surface area contributed by atoms with Gasteiger partial charge in [-0.25, -0.2) is 9.78 Å². The van der Waals surface area contributed by atoms with Gasteiger partial charge in [-0.3, -0.25) is 4.79 Å². The molecule has 3 aromatic rings. The Morgan fingerprint density at radius 2 is 2.08 bits per heavy atom. The number of hydrogen-bond donors (Lipinski definition) is 2. The third-order valence-corrected chi connectivity index (χ3v) is 4.26. The Labute approximate surface area is 155 Å². The summed E-state index contributed by atoms with van der Waals surface area (Å²) in [7, 11) is 1.46. The summed E-state index contributed by atoms with van der Waals surface area (Å²) in [5.74, 6) is 0.00324. The van der Waals surface area contributed by atoms with Crippen LogP contribution in [0.3, 0.4) is 0 Å². The highest BCUT2D eigenvalue weighted by Crippen LogP contribution is 2.36. The van der Waals surface area contributed by atoms with Gasteiger partial charge >= 0.3 is 5.97 Å². The second-order valence-electron chi connectivity index (χ2n) is 5.10. The lowest BCUT2D eigenvalue weighted by atomic mass is 10.1. The maximum atomic E-state index is 12.2. The van der Waals surface area contributed by atoms with Crippen LogP contribution in [0.5, 0.6) is 11.5 Å². The molecule has 8 heteroatoms. The van der Waals surface area contributed by atoms with Crippen LogP contribution in [0.4, 0.5) is 0 Å². The fourth-order valence-corrected chi connectivity index (χ4v) is 3.11. The first-order chi connectivity index (χ1) is 12.0. The van der Waals surface area contributed by atoms with Crippen LogP contribution in [0.2, 0.25) is 0 Å². The summed E-state index contributed by atoms with van der Waals surface area (Å²) in [4.78, 5) is 30.2. The van der Waals surface area contributed by atoms with Gasteiger partial charge in [-0.15, -0.1) is 0 Å². The van der Waals surface area contributed by atoms with E-state index in [1.54, 1.807) is 30.3 Å². The number of ether oxygens (including phenoxy) is 2. The quantitative estimate of drug-likeness (QED) is 0.578. The standard InChI is InChI=1S/C17H13IN2O5/c1-24-13-7-9(6-11(18)15(13)25-8-14(21)22)16-19-12-5-3-2-4-10(12)17(23)20-16/h2-7H,8H2,1H3,(H,21,22)(H,19,20,23). The summed E-state index contributed by atoms with van der Waals surface area (Å²) in [5.41, 5.74) is 0.981. The Bertz CT molecular complexity index is 1020. The van der Waals surface area contributed by atoms with Gasteiger partial charge in [-0.1, -0.05) is 12.1 Å². The average molecular weight is 452 g/mol. The highest BCUT2D eigenvalue weighted by Gasteiger charge is 2.15. The SMILES string of the molecule is COc1cc(-c2nc3ccccc3c(=O)[nH]2)cc(I)c1OCC(=O)O. The average Bonchev–Trinajstić information content (AvgIpc) is 2.59. The van der Waals surface area contributed by atoms with E-state index in [-0.39, 0.29) is 5.56 Å². The zero-order valence-electron chi connectivity index (χ0n) is 13.1. The molecule has 2 aromatic carbocycles. The summed E-state index contributed by atoms with van der Waals surface area (Å²) in [6.45, 7) is -0.475. The number of aromatic amines is 1. The van der Waals surface area contributed by atoms with Gasteiger partial charge in [0.2, 0.25) is 0 Å². The zero-order valence-corrected chi connectivity index (χ0v) is 15.2. The molecule has 0 bridgehead atoms. The molecule has 3 rings (SSSR count). The van der Waals surface area contributed by atoms with E-state index in [1.807, 2.05) is 28.7 Å². The van der Waals surface area contributed by atoms with E-state index in [2.05, 4.69) is 9.97 Å². The van der Waals surface area contributed by atoms with Crippen molar-refractivity contribution in [3.05, 3.63) is 50.3 Å². The molecule has 0 amide bonds. The minimum Gasteiger partial charge on any atom is -0.493 e. The van der Waals surface area contributed by atoms with Crippen LogP contribution in [0.15, 0.2) is 41.2 Å². The maximum Gasteiger partial charge on any atom is 0.341 e.